The van der Waals surface area contributed by atoms with Crippen LogP contribution in [0.5, 0.6) is 0 Å². The van der Waals surface area contributed by atoms with Crippen molar-refractivity contribution in [2.24, 2.45) is 12.0 Å². The number of hydrogen-bond acceptors (Lipinski definition) is 4. The number of thiazole rings is 1. The molecule has 3 aromatic rings. The van der Waals surface area contributed by atoms with Crippen LogP contribution in [0.3, 0.4) is 0 Å². The van der Waals surface area contributed by atoms with Crippen molar-refractivity contribution in [2.75, 3.05) is 0 Å². The van der Waals surface area contributed by atoms with E-state index in [4.69, 9.17) is 23.2 Å². The van der Waals surface area contributed by atoms with Crippen LogP contribution in [-0.4, -0.2) is 15.4 Å². The first-order valence-corrected chi connectivity index (χ1v) is 8.88. The van der Waals surface area contributed by atoms with Crippen LogP contribution in [0.15, 0.2) is 47.5 Å². The van der Waals surface area contributed by atoms with Gasteiger partial charge in [0.1, 0.15) is 0 Å². The molecule has 0 N–H and O–H groups in total. The quantitative estimate of drug-likeness (QED) is 0.361. The van der Waals surface area contributed by atoms with Gasteiger partial charge in [-0.3, -0.25) is 14.9 Å². The zero-order valence-electron chi connectivity index (χ0n) is 13.3. The molecule has 1 aromatic heterocycles. The number of rotatable bonds is 3. The molecule has 6 nitrogen and oxygen atoms in total. The molecule has 0 aliphatic rings. The van der Waals surface area contributed by atoms with Crippen LogP contribution in [0.1, 0.15) is 5.56 Å². The molecule has 0 spiro atoms. The third-order valence-electron chi connectivity index (χ3n) is 3.54. The Morgan fingerprint density at radius 3 is 2.62 bits per heavy atom. The molecular weight excluding hydrogens is 397 g/mol. The van der Waals surface area contributed by atoms with E-state index < -0.39 is 10.8 Å². The monoisotopic (exact) mass is 407 g/mol. The first kappa shape index (κ1) is 18.3. The number of hydrogen-bond donors (Lipinski definition) is 0. The van der Waals surface area contributed by atoms with Crippen LogP contribution in [0.25, 0.3) is 16.3 Å². The van der Waals surface area contributed by atoms with Crippen LogP contribution in [0, 0.1) is 10.1 Å². The predicted octanol–water partition coefficient (Wildman–Crippen LogP) is 4.60. The number of nitro benzene ring substituents is 1. The first-order chi connectivity index (χ1) is 12.3. The Morgan fingerprint density at radius 1 is 1.27 bits per heavy atom. The van der Waals surface area contributed by atoms with Crippen LogP contribution < -0.4 is 4.80 Å². The number of non-ortho nitro benzene ring substituents is 1. The van der Waals surface area contributed by atoms with Crippen molar-refractivity contribution in [3.05, 3.63) is 73.0 Å². The standard InChI is InChI=1S/C17H11Cl2N3O3S/c1-21-16-13(19)8-11(18)9-14(16)26-17(21)20-15(23)7-4-10-2-5-12(6-3-10)22(24)25/h2-9H,1H3/b7-4-,20-17?. The van der Waals surface area contributed by atoms with Crippen molar-refractivity contribution in [1.82, 2.24) is 4.57 Å². The molecule has 2 aromatic carbocycles. The number of carbonyl (C=O) groups is 1. The lowest BCUT2D eigenvalue weighted by atomic mass is 10.2. The Morgan fingerprint density at radius 2 is 1.96 bits per heavy atom. The maximum Gasteiger partial charge on any atom is 0.272 e. The lowest BCUT2D eigenvalue weighted by Crippen LogP contribution is -2.12. The van der Waals surface area contributed by atoms with Crippen molar-refractivity contribution >= 4 is 62.4 Å². The second-order valence-corrected chi connectivity index (χ2v) is 7.16. The van der Waals surface area contributed by atoms with Gasteiger partial charge in [0.2, 0.25) is 0 Å². The van der Waals surface area contributed by atoms with E-state index in [2.05, 4.69) is 4.99 Å². The molecule has 0 saturated heterocycles. The van der Waals surface area contributed by atoms with Crippen LogP contribution in [0.2, 0.25) is 10.0 Å². The van der Waals surface area contributed by atoms with Gasteiger partial charge in [-0.2, -0.15) is 4.99 Å². The maximum absolute atomic E-state index is 12.1. The summed E-state index contributed by atoms with van der Waals surface area (Å²) in [4.78, 5) is 26.8. The molecular formula is C17H11Cl2N3O3S. The SMILES string of the molecule is Cn1c(=NC(=O)/C=C\c2ccc([N+](=O)[O-])cc2)sc2cc(Cl)cc(Cl)c21. The summed E-state index contributed by atoms with van der Waals surface area (Å²) in [7, 11) is 1.77. The van der Waals surface area contributed by atoms with E-state index in [1.54, 1.807) is 42.0 Å². The summed E-state index contributed by atoms with van der Waals surface area (Å²) in [6, 6.07) is 9.27. The largest absolute Gasteiger partial charge is 0.318 e. The zero-order valence-corrected chi connectivity index (χ0v) is 15.7. The molecule has 0 bridgehead atoms. The Bertz CT molecular complexity index is 1110. The van der Waals surface area contributed by atoms with E-state index in [0.29, 0.717) is 20.4 Å². The number of aromatic nitrogens is 1. The van der Waals surface area contributed by atoms with Crippen LogP contribution >= 0.6 is 34.5 Å². The van der Waals surface area contributed by atoms with Gasteiger partial charge >= 0.3 is 0 Å². The molecule has 0 atom stereocenters. The average Bonchev–Trinajstić information content (AvgIpc) is 2.89. The summed E-state index contributed by atoms with van der Waals surface area (Å²) >= 11 is 13.5. The molecule has 1 amide bonds. The molecule has 3 rings (SSSR count). The summed E-state index contributed by atoms with van der Waals surface area (Å²) in [5.41, 5.74) is 1.41. The normalized spacial score (nSPS) is 12.2. The molecule has 26 heavy (non-hydrogen) atoms. The molecule has 0 unspecified atom stereocenters. The topological polar surface area (TPSA) is 77.5 Å². The van der Waals surface area contributed by atoms with E-state index in [1.807, 2.05) is 0 Å². The van der Waals surface area contributed by atoms with E-state index in [-0.39, 0.29) is 5.69 Å². The molecule has 9 heteroatoms. The van der Waals surface area contributed by atoms with Crippen molar-refractivity contribution in [3.8, 4) is 0 Å². The first-order valence-electron chi connectivity index (χ1n) is 7.31. The number of carbonyl (C=O) groups excluding carboxylic acids is 1. The maximum atomic E-state index is 12.1. The Labute approximate surface area is 161 Å². The van der Waals surface area contributed by atoms with Gasteiger partial charge in [0.05, 0.1) is 20.2 Å². The molecule has 132 valence electrons. The lowest BCUT2D eigenvalue weighted by molar-refractivity contribution is -0.384. The van der Waals surface area contributed by atoms with Crippen molar-refractivity contribution in [1.29, 1.82) is 0 Å². The van der Waals surface area contributed by atoms with Gasteiger partial charge in [-0.1, -0.05) is 34.5 Å². The minimum absolute atomic E-state index is 0.00833. The fraction of sp³-hybridized carbons (Fsp3) is 0.0588. The van der Waals surface area contributed by atoms with Gasteiger partial charge in [0.15, 0.2) is 4.80 Å². The number of nitro groups is 1. The third-order valence-corrected chi connectivity index (χ3v) is 5.13. The van der Waals surface area contributed by atoms with Crippen molar-refractivity contribution < 1.29 is 9.72 Å². The summed E-state index contributed by atoms with van der Waals surface area (Å²) in [5, 5.41) is 11.6. The number of fused-ring (bicyclic) bond motifs is 1. The smallest absolute Gasteiger partial charge is 0.272 e. The summed E-state index contributed by atoms with van der Waals surface area (Å²) in [5.74, 6) is -0.451. The molecule has 0 fully saturated rings. The van der Waals surface area contributed by atoms with Crippen LogP contribution in [-0.2, 0) is 11.8 Å². The minimum Gasteiger partial charge on any atom is -0.318 e. The molecule has 0 aliphatic carbocycles. The van der Waals surface area contributed by atoms with Gasteiger partial charge in [-0.25, -0.2) is 0 Å². The highest BCUT2D eigenvalue weighted by atomic mass is 35.5. The second kappa shape index (κ2) is 7.41. The second-order valence-electron chi connectivity index (χ2n) is 5.31. The Hall–Kier alpha value is -2.48. The van der Waals surface area contributed by atoms with E-state index >= 15 is 0 Å². The highest BCUT2D eigenvalue weighted by molar-refractivity contribution is 7.16. The zero-order chi connectivity index (χ0) is 18.8. The minimum atomic E-state index is -0.479. The highest BCUT2D eigenvalue weighted by Crippen LogP contribution is 2.29. The number of nitrogens with zero attached hydrogens (tertiary/aromatic N) is 3. The van der Waals surface area contributed by atoms with Crippen molar-refractivity contribution in [2.45, 2.75) is 0 Å². The average molecular weight is 408 g/mol. The molecule has 1 heterocycles. The number of aryl methyl sites for hydroxylation is 1. The van der Waals surface area contributed by atoms with Gasteiger partial charge in [0.25, 0.3) is 11.6 Å². The lowest BCUT2D eigenvalue weighted by Gasteiger charge is -1.98. The Kier molecular flexibility index (Phi) is 5.22. The Balaban J connectivity index is 1.89. The predicted molar refractivity (Wildman–Crippen MR) is 104 cm³/mol. The molecule has 0 saturated carbocycles. The number of amides is 1. The summed E-state index contributed by atoms with van der Waals surface area (Å²) < 4.78 is 2.56. The summed E-state index contributed by atoms with van der Waals surface area (Å²) in [6.07, 6.45) is 2.85. The van der Waals surface area contributed by atoms with Gasteiger partial charge in [-0.15, -0.1) is 0 Å². The number of halogens is 2. The van der Waals surface area contributed by atoms with Gasteiger partial charge in [-0.05, 0) is 35.9 Å². The molecule has 0 aliphatic heterocycles. The van der Waals surface area contributed by atoms with Gasteiger partial charge in [0, 0.05) is 30.3 Å². The van der Waals surface area contributed by atoms with Crippen LogP contribution in [0.4, 0.5) is 5.69 Å². The molecule has 0 radical (unpaired) electrons. The van der Waals surface area contributed by atoms with E-state index in [1.165, 1.54) is 29.5 Å². The van der Waals surface area contributed by atoms with Gasteiger partial charge < -0.3 is 4.57 Å². The number of benzene rings is 2. The van der Waals surface area contributed by atoms with Crippen molar-refractivity contribution in [3.63, 3.8) is 0 Å². The fourth-order valence-electron chi connectivity index (χ4n) is 2.31. The van der Waals surface area contributed by atoms with E-state index in [9.17, 15) is 14.9 Å². The van der Waals surface area contributed by atoms with E-state index in [0.717, 1.165) is 10.2 Å². The summed E-state index contributed by atoms with van der Waals surface area (Å²) in [6.45, 7) is 0. The third kappa shape index (κ3) is 3.85. The highest BCUT2D eigenvalue weighted by Gasteiger charge is 2.09. The fourth-order valence-corrected chi connectivity index (χ4v) is 4.14.